The molecule has 0 spiro atoms. The Morgan fingerprint density at radius 2 is 1.83 bits per heavy atom. The number of ether oxygens (including phenoxy) is 1. The van der Waals surface area contributed by atoms with Gasteiger partial charge < -0.3 is 4.74 Å². The molecule has 1 aromatic heterocycles. The lowest BCUT2D eigenvalue weighted by Crippen LogP contribution is -1.97. The van der Waals surface area contributed by atoms with Crippen molar-refractivity contribution in [2.45, 2.75) is 19.8 Å². The molecular weight excluding hydrogens is 360 g/mol. The van der Waals surface area contributed by atoms with E-state index in [9.17, 15) is 0 Å². The number of nitrogens with zero attached hydrogens (tertiary/aromatic N) is 2. The highest BCUT2D eigenvalue weighted by Gasteiger charge is 2.04. The van der Waals surface area contributed by atoms with Crippen molar-refractivity contribution in [3.05, 3.63) is 45.2 Å². The highest BCUT2D eigenvalue weighted by Crippen LogP contribution is 2.23. The molecule has 0 bridgehead atoms. The van der Waals surface area contributed by atoms with Crippen molar-refractivity contribution in [3.8, 4) is 11.6 Å². The quantitative estimate of drug-likeness (QED) is 0.727. The molecule has 0 unspecified atom stereocenters. The Hall–Kier alpha value is -0.940. The average Bonchev–Trinajstić information content (AvgIpc) is 2.32. The van der Waals surface area contributed by atoms with Gasteiger partial charge in [-0.25, -0.2) is 4.98 Å². The summed E-state index contributed by atoms with van der Waals surface area (Å²) in [6, 6.07) is 9.40. The molecule has 0 aliphatic rings. The number of aryl methyl sites for hydroxylation is 1. The van der Waals surface area contributed by atoms with E-state index in [-0.39, 0.29) is 0 Å². The summed E-state index contributed by atoms with van der Waals surface area (Å²) < 4.78 is 7.46. The fraction of sp³-hybridized carbons (Fsp3) is 0.231. The van der Waals surface area contributed by atoms with Crippen molar-refractivity contribution in [2.24, 2.45) is 0 Å². The Morgan fingerprint density at radius 3 is 2.50 bits per heavy atom. The molecule has 0 aliphatic heterocycles. The monoisotopic (exact) mass is 370 g/mol. The van der Waals surface area contributed by atoms with Gasteiger partial charge >= 0.3 is 0 Å². The van der Waals surface area contributed by atoms with Crippen LogP contribution in [0.3, 0.4) is 0 Å². The molecule has 0 saturated heterocycles. The Labute approximate surface area is 123 Å². The third-order valence-corrected chi connectivity index (χ3v) is 3.16. The van der Waals surface area contributed by atoms with Crippen LogP contribution in [0.15, 0.2) is 39.4 Å². The number of halogens is 2. The second kappa shape index (κ2) is 6.29. The van der Waals surface area contributed by atoms with Crippen LogP contribution >= 0.6 is 31.9 Å². The minimum atomic E-state index is 0.558. The molecular formula is C13H12Br2N2O. The average molecular weight is 372 g/mol. The van der Waals surface area contributed by atoms with Gasteiger partial charge in [-0.15, -0.1) is 0 Å². The minimum absolute atomic E-state index is 0.558. The van der Waals surface area contributed by atoms with Gasteiger partial charge in [-0.1, -0.05) is 22.9 Å². The number of hydrogen-bond donors (Lipinski definition) is 0. The maximum absolute atomic E-state index is 5.70. The molecule has 0 radical (unpaired) electrons. The highest BCUT2D eigenvalue weighted by atomic mass is 79.9. The third-order valence-electron chi connectivity index (χ3n) is 2.23. The van der Waals surface area contributed by atoms with Gasteiger partial charge in [0, 0.05) is 17.0 Å². The fourth-order valence-electron chi connectivity index (χ4n) is 1.45. The standard InChI is InChI=1S/C13H12Br2N2O/c1-2-3-12-16-11(15)8-13(17-12)18-10-6-4-9(14)5-7-10/h4-8H,2-3H2,1H3. The molecule has 2 aromatic rings. The van der Waals surface area contributed by atoms with Gasteiger partial charge in [0.1, 0.15) is 16.2 Å². The predicted octanol–water partition coefficient (Wildman–Crippen LogP) is 4.75. The van der Waals surface area contributed by atoms with E-state index < -0.39 is 0 Å². The molecule has 94 valence electrons. The van der Waals surface area contributed by atoms with Crippen LogP contribution in [0.1, 0.15) is 19.2 Å². The van der Waals surface area contributed by atoms with Gasteiger partial charge in [0.15, 0.2) is 0 Å². The molecule has 1 heterocycles. The van der Waals surface area contributed by atoms with Crippen LogP contribution in [-0.2, 0) is 6.42 Å². The number of aromatic nitrogens is 2. The van der Waals surface area contributed by atoms with Crippen LogP contribution in [0, 0.1) is 0 Å². The van der Waals surface area contributed by atoms with Crippen molar-refractivity contribution in [1.82, 2.24) is 9.97 Å². The highest BCUT2D eigenvalue weighted by molar-refractivity contribution is 9.10. The zero-order chi connectivity index (χ0) is 13.0. The lowest BCUT2D eigenvalue weighted by Gasteiger charge is -2.06. The molecule has 18 heavy (non-hydrogen) atoms. The molecule has 0 aliphatic carbocycles. The van der Waals surface area contributed by atoms with Crippen molar-refractivity contribution < 1.29 is 4.74 Å². The SMILES string of the molecule is CCCc1nc(Br)cc(Oc2ccc(Br)cc2)n1. The summed E-state index contributed by atoms with van der Waals surface area (Å²) in [5, 5.41) is 0. The summed E-state index contributed by atoms with van der Waals surface area (Å²) in [5.41, 5.74) is 0. The van der Waals surface area contributed by atoms with E-state index in [1.54, 1.807) is 6.07 Å². The number of hydrogen-bond acceptors (Lipinski definition) is 3. The lowest BCUT2D eigenvalue weighted by atomic mass is 10.3. The van der Waals surface area contributed by atoms with Gasteiger partial charge in [0.25, 0.3) is 0 Å². The molecule has 0 amide bonds. The van der Waals surface area contributed by atoms with E-state index in [0.29, 0.717) is 5.88 Å². The normalized spacial score (nSPS) is 10.4. The van der Waals surface area contributed by atoms with E-state index >= 15 is 0 Å². The molecule has 0 fully saturated rings. The molecule has 5 heteroatoms. The van der Waals surface area contributed by atoms with Gasteiger partial charge in [0.2, 0.25) is 5.88 Å². The van der Waals surface area contributed by atoms with E-state index in [0.717, 1.165) is 33.5 Å². The summed E-state index contributed by atoms with van der Waals surface area (Å²) in [6.07, 6.45) is 1.85. The predicted molar refractivity (Wildman–Crippen MR) is 77.9 cm³/mol. The van der Waals surface area contributed by atoms with Gasteiger partial charge in [-0.2, -0.15) is 4.98 Å². The molecule has 3 nitrogen and oxygen atoms in total. The second-order valence-electron chi connectivity index (χ2n) is 3.75. The zero-order valence-corrected chi connectivity index (χ0v) is 13.0. The van der Waals surface area contributed by atoms with Crippen LogP contribution in [0.2, 0.25) is 0 Å². The summed E-state index contributed by atoms with van der Waals surface area (Å²) in [4.78, 5) is 8.66. The lowest BCUT2D eigenvalue weighted by molar-refractivity contribution is 0.457. The van der Waals surface area contributed by atoms with Crippen molar-refractivity contribution in [2.75, 3.05) is 0 Å². The van der Waals surface area contributed by atoms with Gasteiger partial charge in [0.05, 0.1) is 0 Å². The topological polar surface area (TPSA) is 35.0 Å². The van der Waals surface area contributed by atoms with Crippen LogP contribution in [0.25, 0.3) is 0 Å². The summed E-state index contributed by atoms with van der Waals surface area (Å²) >= 11 is 6.76. The first kappa shape index (κ1) is 13.5. The van der Waals surface area contributed by atoms with E-state index in [1.165, 1.54) is 0 Å². The molecule has 0 atom stereocenters. The van der Waals surface area contributed by atoms with Gasteiger partial charge in [-0.05, 0) is 46.6 Å². The van der Waals surface area contributed by atoms with E-state index in [1.807, 2.05) is 24.3 Å². The van der Waals surface area contributed by atoms with Crippen molar-refractivity contribution in [3.63, 3.8) is 0 Å². The van der Waals surface area contributed by atoms with E-state index in [2.05, 4.69) is 48.8 Å². The molecule has 2 rings (SSSR count). The van der Waals surface area contributed by atoms with Gasteiger partial charge in [-0.3, -0.25) is 0 Å². The number of rotatable bonds is 4. The van der Waals surface area contributed by atoms with Crippen molar-refractivity contribution >= 4 is 31.9 Å². The Morgan fingerprint density at radius 1 is 1.11 bits per heavy atom. The molecule has 0 saturated carbocycles. The first-order valence-electron chi connectivity index (χ1n) is 5.64. The fourth-order valence-corrected chi connectivity index (χ4v) is 2.12. The maximum Gasteiger partial charge on any atom is 0.223 e. The smallest absolute Gasteiger partial charge is 0.223 e. The van der Waals surface area contributed by atoms with Crippen LogP contribution in [-0.4, -0.2) is 9.97 Å². The maximum atomic E-state index is 5.70. The Bertz CT molecular complexity index is 529. The third kappa shape index (κ3) is 3.78. The Balaban J connectivity index is 2.20. The summed E-state index contributed by atoms with van der Waals surface area (Å²) in [7, 11) is 0. The second-order valence-corrected chi connectivity index (χ2v) is 5.48. The zero-order valence-electron chi connectivity index (χ0n) is 9.86. The summed E-state index contributed by atoms with van der Waals surface area (Å²) in [5.74, 6) is 2.10. The molecule has 1 aromatic carbocycles. The van der Waals surface area contributed by atoms with Crippen LogP contribution < -0.4 is 4.74 Å². The minimum Gasteiger partial charge on any atom is -0.439 e. The summed E-state index contributed by atoms with van der Waals surface area (Å²) in [6.45, 7) is 2.10. The van der Waals surface area contributed by atoms with E-state index in [4.69, 9.17) is 4.74 Å². The van der Waals surface area contributed by atoms with Crippen LogP contribution in [0.4, 0.5) is 0 Å². The Kier molecular flexibility index (Phi) is 4.72. The number of benzene rings is 1. The first-order valence-corrected chi connectivity index (χ1v) is 7.23. The first-order chi connectivity index (χ1) is 8.67. The van der Waals surface area contributed by atoms with Crippen molar-refractivity contribution in [1.29, 1.82) is 0 Å². The molecule has 0 N–H and O–H groups in total. The van der Waals surface area contributed by atoms with Crippen LogP contribution in [0.5, 0.6) is 11.6 Å². The largest absolute Gasteiger partial charge is 0.439 e.